The highest BCUT2D eigenvalue weighted by Gasteiger charge is 2.09. The number of nitrogens with one attached hydrogen (secondary N) is 1. The van der Waals surface area contributed by atoms with Gasteiger partial charge in [0, 0.05) is 5.56 Å². The predicted octanol–water partition coefficient (Wildman–Crippen LogP) is 2.29. The molecule has 0 unspecified atom stereocenters. The van der Waals surface area contributed by atoms with Crippen LogP contribution in [0.25, 0.3) is 11.3 Å². The van der Waals surface area contributed by atoms with Gasteiger partial charge in [0.1, 0.15) is 0 Å². The highest BCUT2D eigenvalue weighted by atomic mass is 16.1. The maximum atomic E-state index is 12.2. The van der Waals surface area contributed by atoms with Crippen LogP contribution in [0, 0.1) is 0 Å². The van der Waals surface area contributed by atoms with Crippen LogP contribution in [0.15, 0.2) is 65.5 Å². The van der Waals surface area contributed by atoms with Crippen LogP contribution in [-0.2, 0) is 6.54 Å². The lowest BCUT2D eigenvalue weighted by Gasteiger charge is -1.99. The molecule has 4 nitrogen and oxygen atoms in total. The Bertz CT molecular complexity index is 714. The van der Waals surface area contributed by atoms with Gasteiger partial charge in [0.2, 0.25) is 0 Å². The molecule has 2 aromatic carbocycles. The normalized spacial score (nSPS) is 10.5. The second-order valence-corrected chi connectivity index (χ2v) is 4.30. The molecule has 0 aliphatic heterocycles. The lowest BCUT2D eigenvalue weighted by atomic mass is 10.2. The fourth-order valence-corrected chi connectivity index (χ4v) is 1.99. The minimum Gasteiger partial charge on any atom is -0.265 e. The van der Waals surface area contributed by atoms with E-state index in [2.05, 4.69) is 10.3 Å². The topological polar surface area (TPSA) is 50.7 Å². The summed E-state index contributed by atoms with van der Waals surface area (Å²) < 4.78 is 1.51. The van der Waals surface area contributed by atoms with Crippen LogP contribution in [0.3, 0.4) is 0 Å². The van der Waals surface area contributed by atoms with E-state index in [1.54, 1.807) is 0 Å². The first-order valence-corrected chi connectivity index (χ1v) is 6.09. The van der Waals surface area contributed by atoms with Gasteiger partial charge >= 0.3 is 0 Å². The standard InChI is InChI=1S/C15H13N3O/c19-15-14(13-9-5-2-6-10-13)16-17-18(15)11-12-7-3-1-4-8-12/h1-10,17H,11H2. The molecule has 0 spiro atoms. The van der Waals surface area contributed by atoms with E-state index in [1.807, 2.05) is 60.7 Å². The lowest BCUT2D eigenvalue weighted by molar-refractivity contribution is 0.632. The molecule has 3 rings (SSSR count). The summed E-state index contributed by atoms with van der Waals surface area (Å²) in [6.07, 6.45) is 0. The zero-order valence-electron chi connectivity index (χ0n) is 10.3. The summed E-state index contributed by atoms with van der Waals surface area (Å²) in [5.41, 5.74) is 2.25. The molecule has 0 radical (unpaired) electrons. The van der Waals surface area contributed by atoms with Gasteiger partial charge in [-0.05, 0) is 5.56 Å². The Hall–Kier alpha value is -2.62. The molecule has 0 aliphatic carbocycles. The highest BCUT2D eigenvalue weighted by molar-refractivity contribution is 5.57. The Morgan fingerprint density at radius 1 is 0.947 bits per heavy atom. The Morgan fingerprint density at radius 2 is 1.58 bits per heavy atom. The minimum absolute atomic E-state index is 0.102. The molecule has 0 amide bonds. The van der Waals surface area contributed by atoms with Crippen LogP contribution < -0.4 is 5.56 Å². The molecule has 0 aliphatic rings. The van der Waals surface area contributed by atoms with Gasteiger partial charge in [-0.1, -0.05) is 60.7 Å². The maximum Gasteiger partial charge on any atom is 0.294 e. The van der Waals surface area contributed by atoms with Gasteiger partial charge in [-0.3, -0.25) is 4.79 Å². The molecule has 0 saturated heterocycles. The number of hydrogen-bond donors (Lipinski definition) is 1. The van der Waals surface area contributed by atoms with Crippen molar-refractivity contribution in [3.8, 4) is 11.3 Å². The zero-order chi connectivity index (χ0) is 13.1. The quantitative estimate of drug-likeness (QED) is 0.776. The van der Waals surface area contributed by atoms with Crippen molar-refractivity contribution in [3.05, 3.63) is 76.6 Å². The highest BCUT2D eigenvalue weighted by Crippen LogP contribution is 2.11. The molecule has 0 atom stereocenters. The Labute approximate surface area is 110 Å². The second kappa shape index (κ2) is 4.94. The van der Waals surface area contributed by atoms with Gasteiger partial charge in [0.05, 0.1) is 6.54 Å². The maximum absolute atomic E-state index is 12.2. The first kappa shape index (κ1) is 11.5. The second-order valence-electron chi connectivity index (χ2n) is 4.30. The van der Waals surface area contributed by atoms with Crippen molar-refractivity contribution < 1.29 is 0 Å². The van der Waals surface area contributed by atoms with E-state index in [1.165, 1.54) is 4.68 Å². The molecule has 3 aromatic rings. The molecule has 0 saturated carbocycles. The minimum atomic E-state index is -0.102. The smallest absolute Gasteiger partial charge is 0.265 e. The van der Waals surface area contributed by atoms with Gasteiger partial charge in [-0.2, -0.15) is 5.10 Å². The zero-order valence-corrected chi connectivity index (χ0v) is 10.3. The number of benzene rings is 2. The summed E-state index contributed by atoms with van der Waals surface area (Å²) in [5, 5.41) is 6.88. The van der Waals surface area contributed by atoms with Gasteiger partial charge in [0.25, 0.3) is 5.56 Å². The number of aromatic nitrogens is 3. The third-order valence-electron chi connectivity index (χ3n) is 2.96. The number of hydrogen-bond acceptors (Lipinski definition) is 2. The number of aromatic amines is 1. The van der Waals surface area contributed by atoms with Crippen LogP contribution in [0.5, 0.6) is 0 Å². The van der Waals surface area contributed by atoms with Crippen LogP contribution >= 0.6 is 0 Å². The molecule has 1 N–H and O–H groups in total. The molecule has 94 valence electrons. The molecular weight excluding hydrogens is 238 g/mol. The Morgan fingerprint density at radius 3 is 2.26 bits per heavy atom. The summed E-state index contributed by atoms with van der Waals surface area (Å²) in [6.45, 7) is 0.500. The average molecular weight is 251 g/mol. The summed E-state index contributed by atoms with van der Waals surface area (Å²) in [4.78, 5) is 12.2. The van der Waals surface area contributed by atoms with Crippen molar-refractivity contribution in [2.75, 3.05) is 0 Å². The van der Waals surface area contributed by atoms with E-state index in [0.717, 1.165) is 11.1 Å². The van der Waals surface area contributed by atoms with E-state index in [4.69, 9.17) is 0 Å². The van der Waals surface area contributed by atoms with Crippen molar-refractivity contribution in [3.63, 3.8) is 0 Å². The third-order valence-corrected chi connectivity index (χ3v) is 2.96. The van der Waals surface area contributed by atoms with Crippen LogP contribution in [0.4, 0.5) is 0 Å². The van der Waals surface area contributed by atoms with E-state index in [9.17, 15) is 4.79 Å². The van der Waals surface area contributed by atoms with Crippen LogP contribution in [-0.4, -0.2) is 15.0 Å². The van der Waals surface area contributed by atoms with Gasteiger partial charge < -0.3 is 0 Å². The van der Waals surface area contributed by atoms with E-state index >= 15 is 0 Å². The van der Waals surface area contributed by atoms with Crippen LogP contribution in [0.2, 0.25) is 0 Å². The van der Waals surface area contributed by atoms with Crippen molar-refractivity contribution in [2.24, 2.45) is 0 Å². The molecule has 0 fully saturated rings. The number of nitrogens with zero attached hydrogens (tertiary/aromatic N) is 2. The van der Waals surface area contributed by atoms with Crippen molar-refractivity contribution in [2.45, 2.75) is 6.54 Å². The number of rotatable bonds is 3. The fraction of sp³-hybridized carbons (Fsp3) is 0.0667. The fourth-order valence-electron chi connectivity index (χ4n) is 1.99. The molecule has 0 bridgehead atoms. The van der Waals surface area contributed by atoms with Crippen molar-refractivity contribution in [1.82, 2.24) is 15.0 Å². The van der Waals surface area contributed by atoms with Crippen molar-refractivity contribution >= 4 is 0 Å². The third kappa shape index (κ3) is 2.33. The molecule has 4 heteroatoms. The lowest BCUT2D eigenvalue weighted by Crippen LogP contribution is -2.18. The predicted molar refractivity (Wildman–Crippen MR) is 73.8 cm³/mol. The van der Waals surface area contributed by atoms with E-state index in [0.29, 0.717) is 12.2 Å². The first-order valence-electron chi connectivity index (χ1n) is 6.09. The first-order chi connectivity index (χ1) is 9.34. The van der Waals surface area contributed by atoms with E-state index < -0.39 is 0 Å². The molecule has 1 aromatic heterocycles. The monoisotopic (exact) mass is 251 g/mol. The Kier molecular flexibility index (Phi) is 2.98. The molecule has 1 heterocycles. The summed E-state index contributed by atoms with van der Waals surface area (Å²) in [5.74, 6) is 0. The summed E-state index contributed by atoms with van der Waals surface area (Å²) >= 11 is 0. The largest absolute Gasteiger partial charge is 0.294 e. The summed E-state index contributed by atoms with van der Waals surface area (Å²) in [7, 11) is 0. The Balaban J connectivity index is 1.94. The van der Waals surface area contributed by atoms with E-state index in [-0.39, 0.29) is 5.56 Å². The SMILES string of the molecule is O=c1c(-c2ccccc2)n[nH]n1Cc1ccccc1. The summed E-state index contributed by atoms with van der Waals surface area (Å²) in [6, 6.07) is 19.3. The number of H-pyrrole nitrogens is 1. The van der Waals surface area contributed by atoms with Gasteiger partial charge in [0.15, 0.2) is 5.69 Å². The average Bonchev–Trinajstić information content (AvgIpc) is 2.82. The van der Waals surface area contributed by atoms with Gasteiger partial charge in [-0.15, -0.1) is 0 Å². The molecular formula is C15H13N3O. The van der Waals surface area contributed by atoms with Gasteiger partial charge in [-0.25, -0.2) is 9.90 Å². The van der Waals surface area contributed by atoms with Crippen LogP contribution in [0.1, 0.15) is 5.56 Å². The molecule has 19 heavy (non-hydrogen) atoms. The van der Waals surface area contributed by atoms with Crippen molar-refractivity contribution in [1.29, 1.82) is 0 Å².